The Balaban J connectivity index is 1.52. The van der Waals surface area contributed by atoms with Crippen LogP contribution in [0.5, 0.6) is 0 Å². The van der Waals surface area contributed by atoms with Crippen molar-refractivity contribution in [1.82, 2.24) is 5.32 Å². The van der Waals surface area contributed by atoms with Crippen LogP contribution in [0.4, 0.5) is 0 Å². The molecule has 1 N–H and O–H groups in total. The van der Waals surface area contributed by atoms with Gasteiger partial charge in [-0.2, -0.15) is 0 Å². The summed E-state index contributed by atoms with van der Waals surface area (Å²) in [4.78, 5) is 12.0. The highest BCUT2D eigenvalue weighted by atomic mass is 32.1. The minimum absolute atomic E-state index is 0.0865. The Morgan fingerprint density at radius 2 is 1.86 bits per heavy atom. The third kappa shape index (κ3) is 3.55. The molecule has 22 heavy (non-hydrogen) atoms. The maximum absolute atomic E-state index is 12.0. The fourth-order valence-corrected chi connectivity index (χ4v) is 3.51. The minimum atomic E-state index is 0.0865. The zero-order valence-electron chi connectivity index (χ0n) is 12.6. The van der Waals surface area contributed by atoms with Crippen LogP contribution < -0.4 is 5.32 Å². The molecule has 0 unspecified atom stereocenters. The highest BCUT2D eigenvalue weighted by Crippen LogP contribution is 2.25. The molecule has 1 heterocycles. The van der Waals surface area contributed by atoms with E-state index in [0.29, 0.717) is 13.0 Å². The first-order chi connectivity index (χ1) is 10.7. The van der Waals surface area contributed by atoms with Crippen LogP contribution in [0.15, 0.2) is 53.9 Å². The molecule has 1 aromatic heterocycles. The summed E-state index contributed by atoms with van der Waals surface area (Å²) >= 11 is 1.76. The summed E-state index contributed by atoms with van der Waals surface area (Å²) in [6.45, 7) is 2.74. The molecular formula is C19H19NOS. The maximum atomic E-state index is 12.0. The van der Waals surface area contributed by atoms with Crippen LogP contribution in [0.25, 0.3) is 10.1 Å². The Bertz CT molecular complexity index is 773. The van der Waals surface area contributed by atoms with Crippen molar-refractivity contribution < 1.29 is 4.79 Å². The quantitative estimate of drug-likeness (QED) is 0.755. The van der Waals surface area contributed by atoms with Crippen LogP contribution in [0.1, 0.15) is 16.7 Å². The van der Waals surface area contributed by atoms with E-state index < -0.39 is 0 Å². The molecule has 2 nitrogen and oxygen atoms in total. The highest BCUT2D eigenvalue weighted by Gasteiger charge is 2.05. The maximum Gasteiger partial charge on any atom is 0.224 e. The number of benzene rings is 2. The fourth-order valence-electron chi connectivity index (χ4n) is 2.52. The van der Waals surface area contributed by atoms with E-state index in [4.69, 9.17) is 0 Å². The Kier molecular flexibility index (Phi) is 4.54. The lowest BCUT2D eigenvalue weighted by atomic mass is 10.1. The summed E-state index contributed by atoms with van der Waals surface area (Å²) in [6.07, 6.45) is 1.33. The van der Waals surface area contributed by atoms with Crippen LogP contribution >= 0.6 is 11.3 Å². The molecule has 3 rings (SSSR count). The second kappa shape index (κ2) is 6.75. The smallest absolute Gasteiger partial charge is 0.224 e. The van der Waals surface area contributed by atoms with Gasteiger partial charge in [-0.3, -0.25) is 4.79 Å². The minimum Gasteiger partial charge on any atom is -0.355 e. The largest absolute Gasteiger partial charge is 0.355 e. The molecule has 0 bridgehead atoms. The van der Waals surface area contributed by atoms with Gasteiger partial charge < -0.3 is 5.32 Å². The van der Waals surface area contributed by atoms with E-state index in [0.717, 1.165) is 12.0 Å². The first-order valence-corrected chi connectivity index (χ1v) is 8.38. The topological polar surface area (TPSA) is 29.1 Å². The average Bonchev–Trinajstić information content (AvgIpc) is 2.93. The standard InChI is InChI=1S/C19H19NOS/c1-14-6-8-15(9-7-14)12-19(21)20-11-10-16-13-22-18-5-3-2-4-17(16)18/h2-9,13H,10-12H2,1H3,(H,20,21). The van der Waals surface area contributed by atoms with Gasteiger partial charge in [0.05, 0.1) is 6.42 Å². The van der Waals surface area contributed by atoms with E-state index in [2.05, 4.69) is 41.9 Å². The predicted octanol–water partition coefficient (Wildman–Crippen LogP) is 4.11. The Morgan fingerprint density at radius 1 is 1.09 bits per heavy atom. The third-order valence-corrected chi connectivity index (χ3v) is 4.78. The Morgan fingerprint density at radius 3 is 2.68 bits per heavy atom. The molecule has 0 saturated carbocycles. The average molecular weight is 309 g/mol. The van der Waals surface area contributed by atoms with Crippen molar-refractivity contribution in [2.75, 3.05) is 6.54 Å². The zero-order valence-corrected chi connectivity index (χ0v) is 13.5. The molecule has 0 fully saturated rings. The van der Waals surface area contributed by atoms with Gasteiger partial charge >= 0.3 is 0 Å². The Hall–Kier alpha value is -2.13. The molecule has 0 spiro atoms. The van der Waals surface area contributed by atoms with Crippen LogP contribution in [0, 0.1) is 6.92 Å². The van der Waals surface area contributed by atoms with Gasteiger partial charge in [0, 0.05) is 11.2 Å². The van der Waals surface area contributed by atoms with Crippen molar-refractivity contribution in [2.24, 2.45) is 0 Å². The summed E-state index contributed by atoms with van der Waals surface area (Å²) in [5, 5.41) is 6.51. The number of hydrogen-bond donors (Lipinski definition) is 1. The van der Waals surface area contributed by atoms with Gasteiger partial charge in [0.25, 0.3) is 0 Å². The molecule has 0 radical (unpaired) electrons. The molecule has 112 valence electrons. The normalized spacial score (nSPS) is 10.8. The zero-order chi connectivity index (χ0) is 15.4. The Labute approximate surface area is 134 Å². The van der Waals surface area contributed by atoms with Gasteiger partial charge in [-0.25, -0.2) is 0 Å². The monoisotopic (exact) mass is 309 g/mol. The van der Waals surface area contributed by atoms with Gasteiger partial charge in [-0.15, -0.1) is 11.3 Å². The molecule has 2 aromatic carbocycles. The molecule has 0 saturated heterocycles. The summed E-state index contributed by atoms with van der Waals surface area (Å²) < 4.78 is 1.31. The van der Waals surface area contributed by atoms with Crippen LogP contribution in [0.2, 0.25) is 0 Å². The van der Waals surface area contributed by atoms with Crippen molar-refractivity contribution in [1.29, 1.82) is 0 Å². The number of thiophene rings is 1. The number of rotatable bonds is 5. The molecule has 0 aliphatic rings. The first kappa shape index (κ1) is 14.8. The van der Waals surface area contributed by atoms with Crippen molar-refractivity contribution in [3.63, 3.8) is 0 Å². The van der Waals surface area contributed by atoms with Gasteiger partial charge in [-0.1, -0.05) is 48.0 Å². The SMILES string of the molecule is Cc1ccc(CC(=O)NCCc2csc3ccccc23)cc1. The summed E-state index contributed by atoms with van der Waals surface area (Å²) in [7, 11) is 0. The molecule has 0 aliphatic carbocycles. The van der Waals surface area contributed by atoms with E-state index in [1.165, 1.54) is 21.2 Å². The molecule has 1 amide bonds. The summed E-state index contributed by atoms with van der Waals surface area (Å²) in [6, 6.07) is 16.5. The molecule has 3 aromatic rings. The fraction of sp³-hybridized carbons (Fsp3) is 0.211. The van der Waals surface area contributed by atoms with Gasteiger partial charge in [-0.05, 0) is 41.3 Å². The van der Waals surface area contributed by atoms with E-state index in [-0.39, 0.29) is 5.91 Å². The van der Waals surface area contributed by atoms with Gasteiger partial charge in [0.1, 0.15) is 0 Å². The summed E-state index contributed by atoms with van der Waals surface area (Å²) in [5.41, 5.74) is 3.59. The van der Waals surface area contributed by atoms with Crippen LogP contribution in [0.3, 0.4) is 0 Å². The van der Waals surface area contributed by atoms with E-state index in [1.54, 1.807) is 11.3 Å². The van der Waals surface area contributed by atoms with E-state index in [1.807, 2.05) is 24.3 Å². The number of nitrogens with one attached hydrogen (secondary N) is 1. The predicted molar refractivity (Wildman–Crippen MR) is 93.4 cm³/mol. The number of carbonyl (C=O) groups is 1. The molecule has 0 aliphatic heterocycles. The highest BCUT2D eigenvalue weighted by molar-refractivity contribution is 7.17. The molecular weight excluding hydrogens is 290 g/mol. The van der Waals surface area contributed by atoms with Crippen LogP contribution in [-0.2, 0) is 17.6 Å². The lowest BCUT2D eigenvalue weighted by Gasteiger charge is -2.05. The lowest BCUT2D eigenvalue weighted by molar-refractivity contribution is -0.120. The van der Waals surface area contributed by atoms with Gasteiger partial charge in [0.2, 0.25) is 5.91 Å². The third-order valence-electron chi connectivity index (χ3n) is 3.76. The summed E-state index contributed by atoms with van der Waals surface area (Å²) in [5.74, 6) is 0.0865. The second-order valence-corrected chi connectivity index (χ2v) is 6.43. The number of carbonyl (C=O) groups excluding carboxylic acids is 1. The van der Waals surface area contributed by atoms with Gasteiger partial charge in [0.15, 0.2) is 0 Å². The first-order valence-electron chi connectivity index (χ1n) is 7.50. The number of aryl methyl sites for hydroxylation is 1. The molecule has 3 heteroatoms. The number of amides is 1. The van der Waals surface area contributed by atoms with Crippen molar-refractivity contribution in [3.05, 3.63) is 70.6 Å². The van der Waals surface area contributed by atoms with Crippen molar-refractivity contribution >= 4 is 27.3 Å². The van der Waals surface area contributed by atoms with Crippen LogP contribution in [-0.4, -0.2) is 12.5 Å². The van der Waals surface area contributed by atoms with Crippen molar-refractivity contribution in [2.45, 2.75) is 19.8 Å². The molecule has 0 atom stereocenters. The van der Waals surface area contributed by atoms with E-state index >= 15 is 0 Å². The van der Waals surface area contributed by atoms with Crippen molar-refractivity contribution in [3.8, 4) is 0 Å². The number of hydrogen-bond acceptors (Lipinski definition) is 2. The second-order valence-electron chi connectivity index (χ2n) is 5.52. The number of fused-ring (bicyclic) bond motifs is 1. The lowest BCUT2D eigenvalue weighted by Crippen LogP contribution is -2.27. The van der Waals surface area contributed by atoms with E-state index in [9.17, 15) is 4.79 Å².